The smallest absolute Gasteiger partial charge is 0.137 e. The van der Waals surface area contributed by atoms with E-state index in [-0.39, 0.29) is 11.9 Å². The van der Waals surface area contributed by atoms with Crippen molar-refractivity contribution in [2.24, 2.45) is 0 Å². The molecule has 0 amide bonds. The highest BCUT2D eigenvalue weighted by atomic mass is 79.9. The predicted molar refractivity (Wildman–Crippen MR) is 85.4 cm³/mol. The maximum Gasteiger partial charge on any atom is 0.137 e. The summed E-state index contributed by atoms with van der Waals surface area (Å²) in [7, 11) is 1.97. The van der Waals surface area contributed by atoms with E-state index in [0.717, 1.165) is 18.4 Å². The minimum Gasteiger partial charge on any atom is -0.313 e. The summed E-state index contributed by atoms with van der Waals surface area (Å²) in [6, 6.07) is 13.9. The van der Waals surface area contributed by atoms with Crippen molar-refractivity contribution < 1.29 is 4.39 Å². The normalized spacial score (nSPS) is 12.4. The number of hydrogen-bond acceptors (Lipinski definition) is 1. The number of nitrogens with one attached hydrogen (secondary N) is 1. The summed E-state index contributed by atoms with van der Waals surface area (Å²) in [5.41, 5.74) is 3.79. The molecule has 106 valence electrons. The Morgan fingerprint density at radius 2 is 1.95 bits per heavy atom. The highest BCUT2D eigenvalue weighted by molar-refractivity contribution is 9.10. The average molecular weight is 336 g/mol. The standard InChI is InChI=1S/C17H19BrFN/c1-3-13-6-4-5-7-14(13)17(20-2)11-12-8-9-16(19)15(18)10-12/h4-10,17,20H,3,11H2,1-2H3. The Labute approximate surface area is 128 Å². The fraction of sp³-hybridized carbons (Fsp3) is 0.294. The molecular weight excluding hydrogens is 317 g/mol. The van der Waals surface area contributed by atoms with Crippen LogP contribution in [-0.2, 0) is 12.8 Å². The molecule has 0 radical (unpaired) electrons. The second kappa shape index (κ2) is 7.00. The van der Waals surface area contributed by atoms with Crippen molar-refractivity contribution in [3.8, 4) is 0 Å². The summed E-state index contributed by atoms with van der Waals surface area (Å²) in [6.07, 6.45) is 1.86. The zero-order valence-corrected chi connectivity index (χ0v) is 13.4. The van der Waals surface area contributed by atoms with Gasteiger partial charge in [0.2, 0.25) is 0 Å². The van der Waals surface area contributed by atoms with Gasteiger partial charge in [-0.15, -0.1) is 0 Å². The van der Waals surface area contributed by atoms with Gasteiger partial charge in [-0.25, -0.2) is 4.39 Å². The van der Waals surface area contributed by atoms with Crippen molar-refractivity contribution in [3.05, 3.63) is 69.4 Å². The van der Waals surface area contributed by atoms with Crippen molar-refractivity contribution in [1.29, 1.82) is 0 Å². The maximum absolute atomic E-state index is 13.3. The van der Waals surface area contributed by atoms with Gasteiger partial charge >= 0.3 is 0 Å². The fourth-order valence-corrected chi connectivity index (χ4v) is 2.89. The zero-order chi connectivity index (χ0) is 14.5. The van der Waals surface area contributed by atoms with Crippen LogP contribution in [0.1, 0.15) is 29.7 Å². The molecule has 0 aromatic heterocycles. The van der Waals surface area contributed by atoms with Crippen molar-refractivity contribution in [2.45, 2.75) is 25.8 Å². The van der Waals surface area contributed by atoms with Gasteiger partial charge < -0.3 is 5.32 Å². The van der Waals surface area contributed by atoms with Crippen LogP contribution in [0.2, 0.25) is 0 Å². The second-order valence-corrected chi connectivity index (χ2v) is 5.70. The van der Waals surface area contributed by atoms with E-state index in [1.54, 1.807) is 0 Å². The number of hydrogen-bond donors (Lipinski definition) is 1. The van der Waals surface area contributed by atoms with Crippen molar-refractivity contribution in [2.75, 3.05) is 7.05 Å². The largest absolute Gasteiger partial charge is 0.313 e. The van der Waals surface area contributed by atoms with E-state index in [2.05, 4.69) is 52.4 Å². The molecule has 20 heavy (non-hydrogen) atoms. The van der Waals surface area contributed by atoms with Gasteiger partial charge in [-0.1, -0.05) is 37.3 Å². The van der Waals surface area contributed by atoms with E-state index in [1.165, 1.54) is 17.2 Å². The SMILES string of the molecule is CCc1ccccc1C(Cc1ccc(F)c(Br)c1)NC. The Balaban J connectivity index is 2.26. The first kappa shape index (κ1) is 15.2. The predicted octanol–water partition coefficient (Wildman–Crippen LogP) is 4.65. The minimum absolute atomic E-state index is 0.219. The van der Waals surface area contributed by atoms with Crippen LogP contribution in [0.4, 0.5) is 4.39 Å². The molecular formula is C17H19BrFN. The molecule has 0 spiro atoms. The average Bonchev–Trinajstić information content (AvgIpc) is 2.48. The molecule has 1 nitrogen and oxygen atoms in total. The third-order valence-corrected chi connectivity index (χ3v) is 4.19. The zero-order valence-electron chi connectivity index (χ0n) is 11.8. The molecule has 0 bridgehead atoms. The molecule has 0 heterocycles. The number of halogens is 2. The van der Waals surface area contributed by atoms with E-state index >= 15 is 0 Å². The number of benzene rings is 2. The van der Waals surface area contributed by atoms with Crippen LogP contribution in [0.25, 0.3) is 0 Å². The molecule has 0 saturated heterocycles. The van der Waals surface area contributed by atoms with Gasteiger partial charge in [-0.3, -0.25) is 0 Å². The van der Waals surface area contributed by atoms with Gasteiger partial charge in [-0.2, -0.15) is 0 Å². The molecule has 1 atom stereocenters. The maximum atomic E-state index is 13.3. The summed E-state index contributed by atoms with van der Waals surface area (Å²) >= 11 is 3.25. The van der Waals surface area contributed by atoms with Crippen molar-refractivity contribution in [1.82, 2.24) is 5.32 Å². The van der Waals surface area contributed by atoms with Crippen LogP contribution in [0.15, 0.2) is 46.9 Å². The summed E-state index contributed by atoms with van der Waals surface area (Å²) < 4.78 is 13.8. The third kappa shape index (κ3) is 3.47. The number of rotatable bonds is 5. The van der Waals surface area contributed by atoms with Crippen LogP contribution < -0.4 is 5.32 Å². The third-order valence-electron chi connectivity index (χ3n) is 3.58. The Morgan fingerprint density at radius 1 is 1.20 bits per heavy atom. The van der Waals surface area contributed by atoms with Gasteiger partial charge in [0.1, 0.15) is 5.82 Å². The van der Waals surface area contributed by atoms with E-state index < -0.39 is 0 Å². The molecule has 2 aromatic carbocycles. The molecule has 1 N–H and O–H groups in total. The van der Waals surface area contributed by atoms with Crippen molar-refractivity contribution in [3.63, 3.8) is 0 Å². The summed E-state index contributed by atoms with van der Waals surface area (Å²) in [5, 5.41) is 3.37. The molecule has 0 aliphatic rings. The summed E-state index contributed by atoms with van der Waals surface area (Å²) in [6.45, 7) is 2.17. The Morgan fingerprint density at radius 3 is 2.60 bits per heavy atom. The lowest BCUT2D eigenvalue weighted by atomic mass is 9.94. The molecule has 0 aliphatic carbocycles. The second-order valence-electron chi connectivity index (χ2n) is 4.85. The fourth-order valence-electron chi connectivity index (χ4n) is 2.47. The molecule has 0 fully saturated rings. The highest BCUT2D eigenvalue weighted by Gasteiger charge is 2.13. The number of aryl methyl sites for hydroxylation is 1. The van der Waals surface area contributed by atoms with Crippen LogP contribution in [-0.4, -0.2) is 7.05 Å². The van der Waals surface area contributed by atoms with Gasteiger partial charge in [0.05, 0.1) is 4.47 Å². The molecule has 2 rings (SSSR count). The van der Waals surface area contributed by atoms with E-state index in [0.29, 0.717) is 4.47 Å². The monoisotopic (exact) mass is 335 g/mol. The highest BCUT2D eigenvalue weighted by Crippen LogP contribution is 2.24. The molecule has 2 aromatic rings. The Bertz CT molecular complexity index is 583. The van der Waals surface area contributed by atoms with Crippen LogP contribution in [0.5, 0.6) is 0 Å². The molecule has 1 unspecified atom stereocenters. The van der Waals surface area contributed by atoms with E-state index in [9.17, 15) is 4.39 Å². The first-order chi connectivity index (χ1) is 9.65. The van der Waals surface area contributed by atoms with Gasteiger partial charge in [0.25, 0.3) is 0 Å². The summed E-state index contributed by atoms with van der Waals surface area (Å²) in [5.74, 6) is -0.219. The first-order valence-corrected chi connectivity index (χ1v) is 7.64. The molecule has 0 saturated carbocycles. The lowest BCUT2D eigenvalue weighted by Gasteiger charge is -2.20. The van der Waals surface area contributed by atoms with Gasteiger partial charge in [0.15, 0.2) is 0 Å². The van der Waals surface area contributed by atoms with Crippen molar-refractivity contribution >= 4 is 15.9 Å². The van der Waals surface area contributed by atoms with E-state index in [1.807, 2.05) is 19.2 Å². The van der Waals surface area contributed by atoms with Crippen LogP contribution in [0.3, 0.4) is 0 Å². The van der Waals surface area contributed by atoms with Gasteiger partial charge in [0, 0.05) is 6.04 Å². The first-order valence-electron chi connectivity index (χ1n) is 6.84. The minimum atomic E-state index is -0.219. The summed E-state index contributed by atoms with van der Waals surface area (Å²) in [4.78, 5) is 0. The molecule has 3 heteroatoms. The quantitative estimate of drug-likeness (QED) is 0.838. The Hall–Kier alpha value is -1.19. The topological polar surface area (TPSA) is 12.0 Å². The Kier molecular flexibility index (Phi) is 5.32. The lowest BCUT2D eigenvalue weighted by Crippen LogP contribution is -2.20. The lowest BCUT2D eigenvalue weighted by molar-refractivity contribution is 0.583. The van der Waals surface area contributed by atoms with Gasteiger partial charge in [-0.05, 0) is 64.6 Å². The van der Waals surface area contributed by atoms with Crippen LogP contribution >= 0.6 is 15.9 Å². The number of likely N-dealkylation sites (N-methyl/N-ethyl adjacent to an activating group) is 1. The van der Waals surface area contributed by atoms with E-state index in [4.69, 9.17) is 0 Å². The molecule has 0 aliphatic heterocycles. The van der Waals surface area contributed by atoms with Crippen LogP contribution in [0, 0.1) is 5.82 Å².